The summed E-state index contributed by atoms with van der Waals surface area (Å²) in [5, 5.41) is 10.9. The number of benzene rings is 2. The van der Waals surface area contributed by atoms with Crippen LogP contribution in [0.3, 0.4) is 0 Å². The molecule has 1 fully saturated rings. The van der Waals surface area contributed by atoms with E-state index in [1.807, 2.05) is 6.07 Å². The molecule has 0 saturated carbocycles. The van der Waals surface area contributed by atoms with Gasteiger partial charge in [0, 0.05) is 77.7 Å². The third kappa shape index (κ3) is 6.02. The van der Waals surface area contributed by atoms with Gasteiger partial charge in [0.15, 0.2) is 0 Å². The lowest BCUT2D eigenvalue weighted by atomic mass is 10.00. The quantitative estimate of drug-likeness (QED) is 0.635. The molecule has 7 heteroatoms. The summed E-state index contributed by atoms with van der Waals surface area (Å²) in [7, 11) is 2.10. The smallest absolute Gasteiger partial charge is 0.149 e. The Hall–Kier alpha value is -2.19. The van der Waals surface area contributed by atoms with E-state index in [0.29, 0.717) is 19.6 Å². The highest BCUT2D eigenvalue weighted by molar-refractivity contribution is 5.57. The maximum absolute atomic E-state index is 14.7. The van der Waals surface area contributed by atoms with Gasteiger partial charge in [0.05, 0.1) is 6.10 Å². The fraction of sp³-hybridized carbons (Fsp3) is 0.586. The Balaban J connectivity index is 1.17. The van der Waals surface area contributed by atoms with Crippen LogP contribution in [0.25, 0.3) is 0 Å². The molecule has 5 rings (SSSR count). The van der Waals surface area contributed by atoms with Crippen LogP contribution in [0, 0.1) is 0 Å². The second-order valence-corrected chi connectivity index (χ2v) is 10.7. The first-order valence-electron chi connectivity index (χ1n) is 13.5. The zero-order valence-corrected chi connectivity index (χ0v) is 21.8. The molecule has 0 bridgehead atoms. The van der Waals surface area contributed by atoms with Gasteiger partial charge in [0.1, 0.15) is 18.0 Å². The first kappa shape index (κ1) is 25.5. The molecular formula is C29H41FN4O2. The van der Waals surface area contributed by atoms with E-state index in [0.717, 1.165) is 70.1 Å². The Bertz CT molecular complexity index is 1020. The van der Waals surface area contributed by atoms with Crippen LogP contribution in [0.5, 0.6) is 5.75 Å². The third-order valence-corrected chi connectivity index (χ3v) is 8.06. The molecule has 3 atom stereocenters. The van der Waals surface area contributed by atoms with E-state index in [9.17, 15) is 9.50 Å². The molecule has 3 aliphatic rings. The summed E-state index contributed by atoms with van der Waals surface area (Å²) in [6.07, 6.45) is 0.0443. The second kappa shape index (κ2) is 11.5. The summed E-state index contributed by atoms with van der Waals surface area (Å²) in [6, 6.07) is 14.8. The van der Waals surface area contributed by atoms with E-state index < -0.39 is 6.17 Å². The second-order valence-electron chi connectivity index (χ2n) is 10.7. The van der Waals surface area contributed by atoms with Crippen LogP contribution in [0.15, 0.2) is 42.5 Å². The van der Waals surface area contributed by atoms with Crippen molar-refractivity contribution in [3.05, 3.63) is 59.2 Å². The number of likely N-dealkylation sites (tertiary alicyclic amines) is 1. The Morgan fingerprint density at radius 1 is 0.944 bits per heavy atom. The molecule has 36 heavy (non-hydrogen) atoms. The summed E-state index contributed by atoms with van der Waals surface area (Å²) >= 11 is 0. The van der Waals surface area contributed by atoms with Crippen LogP contribution in [0.4, 0.5) is 10.1 Å². The van der Waals surface area contributed by atoms with Gasteiger partial charge < -0.3 is 19.6 Å². The standard InChI is InChI=1S/C29H41FN4O2/c1-3-32-13-11-29(27(30)21-32)36-26-9-8-24-18-34(15-14-31(2)28(24)16-26)20-25(35)19-33-12-10-22-6-4-5-7-23(22)17-33/h4-9,16,25,27,29,35H,3,10-15,17-21H2,1-2H3. The summed E-state index contributed by atoms with van der Waals surface area (Å²) < 4.78 is 20.8. The monoisotopic (exact) mass is 496 g/mol. The van der Waals surface area contributed by atoms with Crippen LogP contribution in [0.2, 0.25) is 0 Å². The molecular weight excluding hydrogens is 455 g/mol. The van der Waals surface area contributed by atoms with E-state index in [1.54, 1.807) is 0 Å². The normalized spacial score (nSPS) is 24.6. The average Bonchev–Trinajstić information content (AvgIpc) is 3.03. The Kier molecular flexibility index (Phi) is 8.11. The molecule has 3 heterocycles. The van der Waals surface area contributed by atoms with Crippen molar-refractivity contribution in [2.24, 2.45) is 0 Å². The Morgan fingerprint density at radius 3 is 2.47 bits per heavy atom. The number of piperidine rings is 1. The minimum atomic E-state index is -0.958. The van der Waals surface area contributed by atoms with Gasteiger partial charge in [-0.1, -0.05) is 37.3 Å². The van der Waals surface area contributed by atoms with Crippen molar-refractivity contribution in [1.82, 2.24) is 14.7 Å². The number of alkyl halides is 1. The largest absolute Gasteiger partial charge is 0.487 e. The lowest BCUT2D eigenvalue weighted by Gasteiger charge is -2.34. The minimum Gasteiger partial charge on any atom is -0.487 e. The average molecular weight is 497 g/mol. The minimum absolute atomic E-state index is 0.379. The number of anilines is 1. The molecule has 1 saturated heterocycles. The van der Waals surface area contributed by atoms with Gasteiger partial charge in [-0.05, 0) is 42.1 Å². The number of aliphatic hydroxyl groups excluding tert-OH is 1. The van der Waals surface area contributed by atoms with Crippen molar-refractivity contribution >= 4 is 5.69 Å². The van der Waals surface area contributed by atoms with Crippen molar-refractivity contribution in [2.75, 3.05) is 64.3 Å². The van der Waals surface area contributed by atoms with E-state index in [4.69, 9.17) is 4.74 Å². The first-order valence-corrected chi connectivity index (χ1v) is 13.5. The molecule has 6 nitrogen and oxygen atoms in total. The lowest BCUT2D eigenvalue weighted by molar-refractivity contribution is 0.0240. The molecule has 0 radical (unpaired) electrons. The highest BCUT2D eigenvalue weighted by atomic mass is 19.1. The van der Waals surface area contributed by atoms with Gasteiger partial charge in [-0.25, -0.2) is 4.39 Å². The maximum atomic E-state index is 14.7. The SMILES string of the molecule is CCN1CCC(Oc2ccc3c(c2)N(C)CCN(CC(O)CN2CCc4ccccc4C2)C3)C(F)C1. The number of fused-ring (bicyclic) bond motifs is 2. The number of hydrogen-bond acceptors (Lipinski definition) is 6. The molecule has 2 aromatic rings. The lowest BCUT2D eigenvalue weighted by Crippen LogP contribution is -2.46. The van der Waals surface area contributed by atoms with E-state index in [1.165, 1.54) is 16.7 Å². The highest BCUT2D eigenvalue weighted by Gasteiger charge is 2.30. The zero-order chi connectivity index (χ0) is 25.1. The first-order chi connectivity index (χ1) is 17.5. The van der Waals surface area contributed by atoms with E-state index in [-0.39, 0.29) is 12.2 Å². The summed E-state index contributed by atoms with van der Waals surface area (Å²) in [5.74, 6) is 0.747. The molecule has 1 N–H and O–H groups in total. The van der Waals surface area contributed by atoms with Gasteiger partial charge in [0.25, 0.3) is 0 Å². The topological polar surface area (TPSA) is 42.4 Å². The van der Waals surface area contributed by atoms with E-state index in [2.05, 4.69) is 70.0 Å². The van der Waals surface area contributed by atoms with Gasteiger partial charge in [0.2, 0.25) is 0 Å². The number of aliphatic hydroxyl groups is 1. The summed E-state index contributed by atoms with van der Waals surface area (Å²) in [6.45, 7) is 10.1. The molecule has 0 aromatic heterocycles. The number of likely N-dealkylation sites (N-methyl/N-ethyl adjacent to an activating group) is 1. The molecule has 0 amide bonds. The van der Waals surface area contributed by atoms with Gasteiger partial charge in [-0.2, -0.15) is 0 Å². The van der Waals surface area contributed by atoms with Crippen molar-refractivity contribution in [2.45, 2.75) is 51.2 Å². The predicted molar refractivity (Wildman–Crippen MR) is 142 cm³/mol. The highest BCUT2D eigenvalue weighted by Crippen LogP contribution is 2.31. The van der Waals surface area contributed by atoms with Crippen molar-refractivity contribution < 1.29 is 14.2 Å². The van der Waals surface area contributed by atoms with Crippen molar-refractivity contribution in [1.29, 1.82) is 0 Å². The Morgan fingerprint density at radius 2 is 1.69 bits per heavy atom. The third-order valence-electron chi connectivity index (χ3n) is 8.06. The molecule has 2 aromatic carbocycles. The fourth-order valence-electron chi connectivity index (χ4n) is 5.90. The maximum Gasteiger partial charge on any atom is 0.149 e. The number of hydrogen-bond donors (Lipinski definition) is 1. The molecule has 0 spiro atoms. The molecule has 0 aliphatic carbocycles. The van der Waals surface area contributed by atoms with E-state index >= 15 is 0 Å². The number of ether oxygens (including phenoxy) is 1. The number of nitrogens with zero attached hydrogens (tertiary/aromatic N) is 4. The van der Waals surface area contributed by atoms with Crippen LogP contribution in [-0.2, 0) is 19.5 Å². The predicted octanol–water partition coefficient (Wildman–Crippen LogP) is 3.17. The Labute approximate surface area is 215 Å². The summed E-state index contributed by atoms with van der Waals surface area (Å²) in [5.41, 5.74) is 5.18. The molecule has 3 aliphatic heterocycles. The van der Waals surface area contributed by atoms with Crippen molar-refractivity contribution in [3.8, 4) is 5.75 Å². The van der Waals surface area contributed by atoms with Crippen LogP contribution < -0.4 is 9.64 Å². The van der Waals surface area contributed by atoms with Crippen LogP contribution in [-0.4, -0.2) is 97.6 Å². The molecule has 196 valence electrons. The summed E-state index contributed by atoms with van der Waals surface area (Å²) in [4.78, 5) is 9.12. The molecule has 3 unspecified atom stereocenters. The number of β-amino-alcohol motifs (C(OH)–C–C–N with tert-alkyl or cyclic N) is 1. The number of halogens is 1. The van der Waals surface area contributed by atoms with Gasteiger partial charge in [-0.3, -0.25) is 9.80 Å². The fourth-order valence-corrected chi connectivity index (χ4v) is 5.90. The number of rotatable bonds is 7. The van der Waals surface area contributed by atoms with Gasteiger partial charge >= 0.3 is 0 Å². The van der Waals surface area contributed by atoms with Crippen LogP contribution in [0.1, 0.15) is 30.0 Å². The van der Waals surface area contributed by atoms with Crippen LogP contribution >= 0.6 is 0 Å². The zero-order valence-electron chi connectivity index (χ0n) is 21.8. The van der Waals surface area contributed by atoms with Gasteiger partial charge in [-0.15, -0.1) is 0 Å². The van der Waals surface area contributed by atoms with Crippen molar-refractivity contribution in [3.63, 3.8) is 0 Å².